The highest BCUT2D eigenvalue weighted by molar-refractivity contribution is 9.09. The number of amides is 2. The molecular weight excluding hydrogens is 494 g/mol. The summed E-state index contributed by atoms with van der Waals surface area (Å²) < 4.78 is 75.2. The number of hydrogen-bond donors (Lipinski definition) is 1. The van der Waals surface area contributed by atoms with Crippen molar-refractivity contribution in [3.8, 4) is 0 Å². The first-order chi connectivity index (χ1) is 14.4. The summed E-state index contributed by atoms with van der Waals surface area (Å²) in [6, 6.07) is 10.0. The number of β-lactam (4-membered cyclic amide) rings is 1. The zero-order valence-electron chi connectivity index (χ0n) is 15.9. The Morgan fingerprint density at radius 1 is 0.935 bits per heavy atom. The molecule has 0 atom stereocenters. The lowest BCUT2D eigenvalue weighted by Gasteiger charge is -2.32. The van der Waals surface area contributed by atoms with Crippen molar-refractivity contribution in [1.29, 1.82) is 0 Å². The summed E-state index contributed by atoms with van der Waals surface area (Å²) in [5.41, 5.74) is -1.84. The van der Waals surface area contributed by atoms with Gasteiger partial charge in [-0.1, -0.05) is 40.2 Å². The second kappa shape index (κ2) is 10.2. The van der Waals surface area contributed by atoms with Crippen molar-refractivity contribution in [3.63, 3.8) is 0 Å². The van der Waals surface area contributed by atoms with Gasteiger partial charge in [0, 0.05) is 24.7 Å². The number of hydrogen-bond acceptors (Lipinski definition) is 2. The molecule has 0 aliphatic carbocycles. The minimum Gasteiger partial charge on any atom is -0.325 e. The number of benzene rings is 2. The number of carbonyl (C=O) groups excluding carboxylic acids is 2. The Morgan fingerprint density at radius 3 is 1.97 bits per heavy atom. The normalized spacial score (nSPS) is 13.8. The molecule has 31 heavy (non-hydrogen) atoms. The Kier molecular flexibility index (Phi) is 8.10. The fourth-order valence-corrected chi connectivity index (χ4v) is 3.02. The Labute approximate surface area is 182 Å². The maximum absolute atomic E-state index is 12.6. The molecule has 0 aromatic heterocycles. The van der Waals surface area contributed by atoms with E-state index in [1.54, 1.807) is 0 Å². The lowest BCUT2D eigenvalue weighted by atomic mass is 10.1. The summed E-state index contributed by atoms with van der Waals surface area (Å²) >= 11 is 3.04. The van der Waals surface area contributed by atoms with Gasteiger partial charge >= 0.3 is 12.4 Å². The van der Waals surface area contributed by atoms with Crippen LogP contribution in [0.2, 0.25) is 0 Å². The predicted molar refractivity (Wildman–Crippen MR) is 107 cm³/mol. The van der Waals surface area contributed by atoms with Crippen LogP contribution in [-0.2, 0) is 21.9 Å². The smallest absolute Gasteiger partial charge is 0.325 e. The standard InChI is InChI=1S/C10H9BrF3NO.C10H8F3NO/c11-6-5-9(16)15-8-4-2-1-3-7(8)10(12,13)14;11-10(12,13)7-3-1-2-4-8(7)14-6-5-9(14)15/h1-4H,5-6H2,(H,15,16);1-4H,5-6H2. The van der Waals surface area contributed by atoms with Gasteiger partial charge in [0.05, 0.1) is 22.5 Å². The molecule has 2 aromatic rings. The topological polar surface area (TPSA) is 49.4 Å². The van der Waals surface area contributed by atoms with Gasteiger partial charge in [-0.2, -0.15) is 26.3 Å². The summed E-state index contributed by atoms with van der Waals surface area (Å²) in [6.07, 6.45) is -8.41. The average Bonchev–Trinajstić information content (AvgIpc) is 2.67. The van der Waals surface area contributed by atoms with Crippen LogP contribution in [-0.4, -0.2) is 23.7 Å². The van der Waals surface area contributed by atoms with E-state index in [1.165, 1.54) is 36.4 Å². The first-order valence-corrected chi connectivity index (χ1v) is 10.1. The van der Waals surface area contributed by atoms with Crippen LogP contribution >= 0.6 is 15.9 Å². The van der Waals surface area contributed by atoms with Gasteiger partial charge < -0.3 is 10.2 Å². The third-order valence-electron chi connectivity index (χ3n) is 4.18. The van der Waals surface area contributed by atoms with Crippen molar-refractivity contribution in [2.45, 2.75) is 25.2 Å². The van der Waals surface area contributed by atoms with Crippen molar-refractivity contribution in [2.75, 3.05) is 22.1 Å². The third-order valence-corrected chi connectivity index (χ3v) is 4.58. The van der Waals surface area contributed by atoms with Crippen LogP contribution in [0.15, 0.2) is 48.5 Å². The number of alkyl halides is 7. The zero-order valence-corrected chi connectivity index (χ0v) is 17.4. The Bertz CT molecular complexity index is 930. The van der Waals surface area contributed by atoms with Crippen molar-refractivity contribution in [2.24, 2.45) is 0 Å². The van der Waals surface area contributed by atoms with Gasteiger partial charge in [-0.05, 0) is 24.3 Å². The van der Waals surface area contributed by atoms with E-state index in [4.69, 9.17) is 0 Å². The number of rotatable bonds is 4. The number of anilines is 2. The maximum atomic E-state index is 12.6. The molecule has 1 fully saturated rings. The van der Waals surface area contributed by atoms with Crippen LogP contribution in [0.25, 0.3) is 0 Å². The molecule has 2 aromatic carbocycles. The lowest BCUT2D eigenvalue weighted by molar-refractivity contribution is -0.138. The molecule has 1 heterocycles. The highest BCUT2D eigenvalue weighted by Gasteiger charge is 2.37. The predicted octanol–water partition coefficient (Wildman–Crippen LogP) is 5.87. The van der Waals surface area contributed by atoms with Crippen LogP contribution in [0.1, 0.15) is 24.0 Å². The quantitative estimate of drug-likeness (QED) is 0.317. The first kappa shape index (κ1) is 24.7. The monoisotopic (exact) mass is 510 g/mol. The molecule has 1 saturated heterocycles. The lowest BCUT2D eigenvalue weighted by Crippen LogP contribution is -2.44. The summed E-state index contributed by atoms with van der Waals surface area (Å²) in [5, 5.41) is 2.64. The van der Waals surface area contributed by atoms with Gasteiger partial charge in [0.25, 0.3) is 0 Å². The molecule has 2 amide bonds. The molecule has 0 saturated carbocycles. The molecule has 1 aliphatic rings. The average molecular weight is 511 g/mol. The molecule has 0 unspecified atom stereocenters. The molecule has 11 heteroatoms. The summed E-state index contributed by atoms with van der Waals surface area (Å²) in [4.78, 5) is 23.4. The number of nitrogens with one attached hydrogen (secondary N) is 1. The highest BCUT2D eigenvalue weighted by atomic mass is 79.9. The van der Waals surface area contributed by atoms with Gasteiger partial charge in [0.1, 0.15) is 0 Å². The summed E-state index contributed by atoms with van der Waals surface area (Å²) in [6.45, 7) is 0.367. The minimum absolute atomic E-state index is 0.0405. The van der Waals surface area contributed by atoms with Gasteiger partial charge in [-0.25, -0.2) is 0 Å². The molecule has 0 bridgehead atoms. The molecule has 0 radical (unpaired) electrons. The van der Waals surface area contributed by atoms with Crippen LogP contribution in [0.5, 0.6) is 0 Å². The van der Waals surface area contributed by atoms with Crippen LogP contribution < -0.4 is 10.2 Å². The van der Waals surface area contributed by atoms with Crippen LogP contribution in [0.3, 0.4) is 0 Å². The van der Waals surface area contributed by atoms with E-state index in [9.17, 15) is 35.9 Å². The van der Waals surface area contributed by atoms with E-state index in [-0.39, 0.29) is 23.7 Å². The third kappa shape index (κ3) is 6.71. The van der Waals surface area contributed by atoms with Gasteiger partial charge in [0.2, 0.25) is 11.8 Å². The van der Waals surface area contributed by atoms with E-state index in [0.717, 1.165) is 17.0 Å². The van der Waals surface area contributed by atoms with Gasteiger partial charge in [-0.3, -0.25) is 9.59 Å². The highest BCUT2D eigenvalue weighted by Crippen LogP contribution is 2.38. The van der Waals surface area contributed by atoms with Crippen LogP contribution in [0, 0.1) is 0 Å². The molecular formula is C20H17BrF6N2O2. The van der Waals surface area contributed by atoms with E-state index in [1.807, 2.05) is 0 Å². The molecule has 4 nitrogen and oxygen atoms in total. The zero-order chi connectivity index (χ0) is 23.2. The van der Waals surface area contributed by atoms with E-state index in [0.29, 0.717) is 18.3 Å². The maximum Gasteiger partial charge on any atom is 0.418 e. The van der Waals surface area contributed by atoms with E-state index >= 15 is 0 Å². The second-order valence-electron chi connectivity index (χ2n) is 6.34. The SMILES string of the molecule is O=C(CCBr)Nc1ccccc1C(F)(F)F.O=C1CCN1c1ccccc1C(F)(F)F. The van der Waals surface area contributed by atoms with Crippen LogP contribution in [0.4, 0.5) is 37.7 Å². The fraction of sp³-hybridized carbons (Fsp3) is 0.300. The largest absolute Gasteiger partial charge is 0.418 e. The minimum atomic E-state index is -4.46. The van der Waals surface area contributed by atoms with E-state index < -0.39 is 29.4 Å². The molecule has 3 rings (SSSR count). The van der Waals surface area contributed by atoms with Crippen molar-refractivity contribution in [3.05, 3.63) is 59.7 Å². The van der Waals surface area contributed by atoms with Crippen molar-refractivity contribution in [1.82, 2.24) is 0 Å². The summed E-state index contributed by atoms with van der Waals surface area (Å²) in [5.74, 6) is -0.708. The van der Waals surface area contributed by atoms with E-state index in [2.05, 4.69) is 21.2 Å². The number of nitrogens with zero attached hydrogens (tertiary/aromatic N) is 1. The summed E-state index contributed by atoms with van der Waals surface area (Å²) in [7, 11) is 0. The molecule has 1 N–H and O–H groups in total. The molecule has 1 aliphatic heterocycles. The second-order valence-corrected chi connectivity index (χ2v) is 7.13. The Balaban J connectivity index is 0.000000220. The van der Waals surface area contributed by atoms with Gasteiger partial charge in [-0.15, -0.1) is 0 Å². The fourth-order valence-electron chi connectivity index (χ4n) is 2.66. The van der Waals surface area contributed by atoms with Crippen molar-refractivity contribution < 1.29 is 35.9 Å². The Morgan fingerprint density at radius 2 is 1.48 bits per heavy atom. The Hall–Kier alpha value is -2.56. The van der Waals surface area contributed by atoms with Crippen molar-refractivity contribution >= 4 is 39.1 Å². The van der Waals surface area contributed by atoms with Gasteiger partial charge in [0.15, 0.2) is 0 Å². The number of para-hydroxylation sites is 2. The number of halogens is 7. The molecule has 168 valence electrons. The molecule has 0 spiro atoms. The first-order valence-electron chi connectivity index (χ1n) is 8.93. The number of carbonyl (C=O) groups is 2.